The molecule has 2 heterocycles. The lowest BCUT2D eigenvalue weighted by Gasteiger charge is -2.19. The number of nitrogens with one attached hydrogen (secondary N) is 1. The molecular weight excluding hydrogens is 340 g/mol. The highest BCUT2D eigenvalue weighted by Crippen LogP contribution is 2.33. The van der Waals surface area contributed by atoms with E-state index in [1.807, 2.05) is 5.38 Å². The van der Waals surface area contributed by atoms with Gasteiger partial charge in [-0.1, -0.05) is 19.0 Å². The molecule has 0 aliphatic heterocycles. The summed E-state index contributed by atoms with van der Waals surface area (Å²) in [6, 6.07) is 1.61. The number of anilines is 1. The van der Waals surface area contributed by atoms with Crippen LogP contribution >= 0.6 is 11.3 Å². The van der Waals surface area contributed by atoms with Crippen LogP contribution in [0, 0.1) is 12.8 Å². The monoisotopic (exact) mass is 362 g/mol. The molecule has 2 aromatic heterocycles. The second kappa shape index (κ2) is 7.39. The van der Waals surface area contributed by atoms with E-state index in [2.05, 4.69) is 17.4 Å². The van der Waals surface area contributed by atoms with Crippen molar-refractivity contribution < 1.29 is 18.8 Å². The van der Waals surface area contributed by atoms with Crippen LogP contribution in [0.15, 0.2) is 16.0 Å². The second-order valence-corrected chi connectivity index (χ2v) is 7.48. The van der Waals surface area contributed by atoms with Crippen LogP contribution in [0.3, 0.4) is 0 Å². The average Bonchev–Trinajstić information content (AvgIpc) is 3.17. The van der Waals surface area contributed by atoms with Crippen LogP contribution in [-0.4, -0.2) is 23.1 Å². The minimum absolute atomic E-state index is 0.318. The molecule has 3 rings (SSSR count). The Morgan fingerprint density at radius 2 is 2.32 bits per heavy atom. The third-order valence-electron chi connectivity index (χ3n) is 4.41. The zero-order chi connectivity index (χ0) is 18.0. The maximum atomic E-state index is 12.6. The number of thiophene rings is 1. The Morgan fingerprint density at radius 3 is 3.00 bits per heavy atom. The lowest BCUT2D eigenvalue weighted by molar-refractivity contribution is -0.124. The van der Waals surface area contributed by atoms with Gasteiger partial charge in [0.2, 0.25) is 0 Å². The quantitative estimate of drug-likeness (QED) is 0.819. The normalized spacial score (nSPS) is 17.6. The number of carbonyl (C=O) groups excluding carboxylic acids is 2. The van der Waals surface area contributed by atoms with Crippen LogP contribution < -0.4 is 5.32 Å². The molecule has 1 N–H and O–H groups in total. The first-order valence-electron chi connectivity index (χ1n) is 8.52. The maximum Gasteiger partial charge on any atom is 0.340 e. The molecule has 7 heteroatoms. The zero-order valence-electron chi connectivity index (χ0n) is 14.6. The van der Waals surface area contributed by atoms with Gasteiger partial charge >= 0.3 is 5.97 Å². The molecule has 0 saturated carbocycles. The lowest BCUT2D eigenvalue weighted by atomic mass is 9.88. The van der Waals surface area contributed by atoms with Crippen LogP contribution in [0.2, 0.25) is 0 Å². The van der Waals surface area contributed by atoms with Gasteiger partial charge in [-0.05, 0) is 44.1 Å². The minimum Gasteiger partial charge on any atom is -0.449 e. The molecule has 0 saturated heterocycles. The van der Waals surface area contributed by atoms with Crippen LogP contribution in [0.1, 0.15) is 53.2 Å². The van der Waals surface area contributed by atoms with Crippen LogP contribution in [0.5, 0.6) is 0 Å². The number of nitrogens with zero attached hydrogens (tertiary/aromatic N) is 1. The second-order valence-electron chi connectivity index (χ2n) is 6.51. The standard InChI is InChI=1S/C18H22N2O4S/c1-4-14(17(21)19-16-8-11(3)24-20-16)23-18(22)13-9-25-15-7-10(2)5-6-12(13)15/h8-10,14H,4-7H2,1-3H3,(H,19,20,21)/t10-,14-/m1/s1. The molecule has 0 fully saturated rings. The fourth-order valence-electron chi connectivity index (χ4n) is 3.00. The number of esters is 1. The van der Waals surface area contributed by atoms with E-state index in [0.29, 0.717) is 29.5 Å². The summed E-state index contributed by atoms with van der Waals surface area (Å²) < 4.78 is 10.4. The molecule has 1 aliphatic carbocycles. The Morgan fingerprint density at radius 1 is 1.52 bits per heavy atom. The Kier molecular flexibility index (Phi) is 5.22. The van der Waals surface area contributed by atoms with E-state index in [-0.39, 0.29) is 0 Å². The fraction of sp³-hybridized carbons (Fsp3) is 0.500. The van der Waals surface area contributed by atoms with Crippen LogP contribution in [0.25, 0.3) is 0 Å². The van der Waals surface area contributed by atoms with Gasteiger partial charge in [0, 0.05) is 16.3 Å². The molecule has 2 atom stereocenters. The molecule has 1 amide bonds. The number of fused-ring (bicyclic) bond motifs is 1. The number of rotatable bonds is 5. The third kappa shape index (κ3) is 3.92. The van der Waals surface area contributed by atoms with Crippen LogP contribution in [-0.2, 0) is 22.4 Å². The molecule has 6 nitrogen and oxygen atoms in total. The molecule has 134 valence electrons. The molecule has 0 aromatic carbocycles. The number of hydrogen-bond donors (Lipinski definition) is 1. The number of carbonyl (C=O) groups is 2. The van der Waals surface area contributed by atoms with Crippen molar-refractivity contribution in [2.24, 2.45) is 5.92 Å². The van der Waals surface area contributed by atoms with Gasteiger partial charge < -0.3 is 14.6 Å². The van der Waals surface area contributed by atoms with Gasteiger partial charge in [0.15, 0.2) is 11.9 Å². The Balaban J connectivity index is 1.67. The number of aryl methyl sites for hydroxylation is 1. The van der Waals surface area contributed by atoms with E-state index < -0.39 is 18.0 Å². The van der Waals surface area contributed by atoms with Crippen molar-refractivity contribution in [2.75, 3.05) is 5.32 Å². The zero-order valence-corrected chi connectivity index (χ0v) is 15.4. The number of hydrogen-bond acceptors (Lipinski definition) is 6. The van der Waals surface area contributed by atoms with E-state index in [1.165, 1.54) is 4.88 Å². The average molecular weight is 362 g/mol. The van der Waals surface area contributed by atoms with E-state index in [1.54, 1.807) is 31.3 Å². The molecule has 0 unspecified atom stereocenters. The third-order valence-corrected chi connectivity index (χ3v) is 5.46. The maximum absolute atomic E-state index is 12.6. The van der Waals surface area contributed by atoms with E-state index in [9.17, 15) is 9.59 Å². The van der Waals surface area contributed by atoms with Gasteiger partial charge in [0.1, 0.15) is 5.76 Å². The van der Waals surface area contributed by atoms with Crippen molar-refractivity contribution >= 4 is 29.0 Å². The van der Waals surface area contributed by atoms with Crippen molar-refractivity contribution in [1.29, 1.82) is 0 Å². The highest BCUT2D eigenvalue weighted by atomic mass is 32.1. The highest BCUT2D eigenvalue weighted by molar-refractivity contribution is 7.10. The lowest BCUT2D eigenvalue weighted by Crippen LogP contribution is -2.32. The fourth-order valence-corrected chi connectivity index (χ4v) is 4.23. The minimum atomic E-state index is -0.859. The number of amides is 1. The highest BCUT2D eigenvalue weighted by Gasteiger charge is 2.27. The molecule has 0 spiro atoms. The SMILES string of the molecule is CC[C@@H](OC(=O)c1csc2c1CC[C@@H](C)C2)C(=O)Nc1cc(C)on1. The summed E-state index contributed by atoms with van der Waals surface area (Å²) in [7, 11) is 0. The van der Waals surface area contributed by atoms with Crippen molar-refractivity contribution in [2.45, 2.75) is 52.6 Å². The van der Waals surface area contributed by atoms with Gasteiger partial charge in [-0.3, -0.25) is 4.79 Å². The predicted octanol–water partition coefficient (Wildman–Crippen LogP) is 3.74. The number of ether oxygens (including phenoxy) is 1. The van der Waals surface area contributed by atoms with Crippen molar-refractivity contribution in [3.63, 3.8) is 0 Å². The summed E-state index contributed by atoms with van der Waals surface area (Å²) in [4.78, 5) is 26.1. The largest absolute Gasteiger partial charge is 0.449 e. The first kappa shape index (κ1) is 17.7. The molecule has 25 heavy (non-hydrogen) atoms. The van der Waals surface area contributed by atoms with Crippen molar-refractivity contribution in [1.82, 2.24) is 5.16 Å². The van der Waals surface area contributed by atoms with Gasteiger partial charge in [0.25, 0.3) is 5.91 Å². The molecule has 2 aromatic rings. The summed E-state index contributed by atoms with van der Waals surface area (Å²) in [5.41, 5.74) is 1.70. The van der Waals surface area contributed by atoms with Gasteiger partial charge in [0.05, 0.1) is 5.56 Å². The Labute approximate surface area is 150 Å². The Bertz CT molecular complexity index is 780. The van der Waals surface area contributed by atoms with E-state index in [4.69, 9.17) is 9.26 Å². The van der Waals surface area contributed by atoms with Crippen molar-refractivity contribution in [3.05, 3.63) is 33.2 Å². The van der Waals surface area contributed by atoms with Gasteiger partial charge in [-0.25, -0.2) is 4.79 Å². The summed E-state index contributed by atoms with van der Waals surface area (Å²) in [6.45, 7) is 5.76. The smallest absolute Gasteiger partial charge is 0.340 e. The van der Waals surface area contributed by atoms with E-state index in [0.717, 1.165) is 24.8 Å². The molecule has 1 aliphatic rings. The first-order valence-corrected chi connectivity index (χ1v) is 9.40. The Hall–Kier alpha value is -2.15. The summed E-state index contributed by atoms with van der Waals surface area (Å²) in [5, 5.41) is 8.19. The topological polar surface area (TPSA) is 81.4 Å². The van der Waals surface area contributed by atoms with Crippen molar-refractivity contribution in [3.8, 4) is 0 Å². The predicted molar refractivity (Wildman–Crippen MR) is 94.9 cm³/mol. The van der Waals surface area contributed by atoms with Crippen LogP contribution in [0.4, 0.5) is 5.82 Å². The summed E-state index contributed by atoms with van der Waals surface area (Å²) in [5.74, 6) is 0.737. The summed E-state index contributed by atoms with van der Waals surface area (Å²) in [6.07, 6.45) is 2.51. The first-order chi connectivity index (χ1) is 12.0. The molecule has 0 radical (unpaired) electrons. The number of aromatic nitrogens is 1. The molecular formula is C18H22N2O4S. The van der Waals surface area contributed by atoms with E-state index >= 15 is 0 Å². The van der Waals surface area contributed by atoms with Gasteiger partial charge in [-0.15, -0.1) is 11.3 Å². The molecule has 0 bridgehead atoms. The summed E-state index contributed by atoms with van der Waals surface area (Å²) >= 11 is 1.61. The van der Waals surface area contributed by atoms with Gasteiger partial charge in [-0.2, -0.15) is 0 Å².